The maximum Gasteiger partial charge on any atom is 0.305 e. The Hall–Kier alpha value is -1.11. The molecule has 0 saturated heterocycles. The van der Waals surface area contributed by atoms with Crippen LogP contribution in [0.4, 0.5) is 0 Å². The maximum atomic E-state index is 12.0. The van der Waals surface area contributed by atoms with Gasteiger partial charge in [0.2, 0.25) is 0 Å². The van der Waals surface area contributed by atoms with Gasteiger partial charge in [0.05, 0.1) is 12.0 Å². The lowest BCUT2D eigenvalue weighted by Gasteiger charge is -2.14. The topological polar surface area (TPSA) is 66.4 Å². The number of hydrogen-bond acceptors (Lipinski definition) is 2. The van der Waals surface area contributed by atoms with Crippen molar-refractivity contribution < 1.29 is 14.7 Å². The summed E-state index contributed by atoms with van der Waals surface area (Å²) in [6, 6.07) is 5.22. The van der Waals surface area contributed by atoms with Crippen molar-refractivity contribution in [1.82, 2.24) is 5.32 Å². The van der Waals surface area contributed by atoms with E-state index < -0.39 is 5.97 Å². The second-order valence-corrected chi connectivity index (χ2v) is 5.07. The Morgan fingerprint density at radius 2 is 2.12 bits per heavy atom. The van der Waals surface area contributed by atoms with Gasteiger partial charge in [0.15, 0.2) is 0 Å². The smallest absolute Gasteiger partial charge is 0.305 e. The summed E-state index contributed by atoms with van der Waals surface area (Å²) in [6.07, 6.45) is -0.0752. The van der Waals surface area contributed by atoms with Crippen molar-refractivity contribution in [3.05, 3.63) is 32.9 Å². The molecule has 0 aliphatic heterocycles. The van der Waals surface area contributed by atoms with E-state index in [0.29, 0.717) is 5.56 Å². The van der Waals surface area contributed by atoms with Crippen LogP contribution in [0.5, 0.6) is 0 Å². The SMILES string of the molecule is Cc1cccc(I)c1C(=O)NC(C)CC(=O)O. The third kappa shape index (κ3) is 3.99. The van der Waals surface area contributed by atoms with Crippen molar-refractivity contribution in [2.24, 2.45) is 0 Å². The Balaban J connectivity index is 2.80. The number of carboxylic acids is 1. The lowest BCUT2D eigenvalue weighted by molar-refractivity contribution is -0.137. The molecule has 1 rings (SSSR count). The number of carbonyl (C=O) groups is 2. The highest BCUT2D eigenvalue weighted by molar-refractivity contribution is 14.1. The van der Waals surface area contributed by atoms with Crippen LogP contribution >= 0.6 is 22.6 Å². The highest BCUT2D eigenvalue weighted by atomic mass is 127. The fraction of sp³-hybridized carbons (Fsp3) is 0.333. The van der Waals surface area contributed by atoms with Gasteiger partial charge in [-0.3, -0.25) is 9.59 Å². The number of nitrogens with one attached hydrogen (secondary N) is 1. The van der Waals surface area contributed by atoms with E-state index in [2.05, 4.69) is 27.9 Å². The molecule has 0 radical (unpaired) electrons. The standard InChI is InChI=1S/C12H14INO3/c1-7-4-3-5-9(13)11(7)12(17)14-8(2)6-10(15)16/h3-5,8H,6H2,1-2H3,(H,14,17)(H,15,16). The maximum absolute atomic E-state index is 12.0. The first-order valence-electron chi connectivity index (χ1n) is 5.19. The van der Waals surface area contributed by atoms with Crippen molar-refractivity contribution in [2.75, 3.05) is 0 Å². The van der Waals surface area contributed by atoms with Crippen LogP contribution in [0.1, 0.15) is 29.3 Å². The fourth-order valence-electron chi connectivity index (χ4n) is 1.53. The van der Waals surface area contributed by atoms with E-state index in [0.717, 1.165) is 9.13 Å². The molecular formula is C12H14INO3. The van der Waals surface area contributed by atoms with Crippen LogP contribution in [0.25, 0.3) is 0 Å². The minimum Gasteiger partial charge on any atom is -0.481 e. The fourth-order valence-corrected chi connectivity index (χ4v) is 2.41. The molecule has 0 saturated carbocycles. The quantitative estimate of drug-likeness (QED) is 0.821. The van der Waals surface area contributed by atoms with Crippen LogP contribution in [0.3, 0.4) is 0 Å². The van der Waals surface area contributed by atoms with Crippen LogP contribution in [0, 0.1) is 10.5 Å². The first-order chi connectivity index (χ1) is 7.91. The number of aryl methyl sites for hydroxylation is 1. The molecule has 1 aromatic rings. The van der Waals surface area contributed by atoms with Crippen LogP contribution < -0.4 is 5.32 Å². The summed E-state index contributed by atoms with van der Waals surface area (Å²) in [5.41, 5.74) is 1.50. The van der Waals surface area contributed by atoms with Crippen molar-refractivity contribution in [3.8, 4) is 0 Å². The zero-order valence-electron chi connectivity index (χ0n) is 9.66. The van der Waals surface area contributed by atoms with E-state index >= 15 is 0 Å². The minimum absolute atomic E-state index is 0.0752. The number of aliphatic carboxylic acids is 1. The summed E-state index contributed by atoms with van der Waals surface area (Å²) < 4.78 is 0.864. The van der Waals surface area contributed by atoms with Crippen LogP contribution in [-0.4, -0.2) is 23.0 Å². The molecule has 0 bridgehead atoms. The highest BCUT2D eigenvalue weighted by Gasteiger charge is 2.16. The first-order valence-corrected chi connectivity index (χ1v) is 6.27. The van der Waals surface area contributed by atoms with Gasteiger partial charge in [-0.2, -0.15) is 0 Å². The molecule has 2 N–H and O–H groups in total. The van der Waals surface area contributed by atoms with Gasteiger partial charge in [-0.1, -0.05) is 12.1 Å². The predicted octanol–water partition coefficient (Wildman–Crippen LogP) is 2.19. The van der Waals surface area contributed by atoms with Crippen molar-refractivity contribution in [3.63, 3.8) is 0 Å². The van der Waals surface area contributed by atoms with Gasteiger partial charge in [0, 0.05) is 9.61 Å². The third-order valence-electron chi connectivity index (χ3n) is 2.31. The van der Waals surface area contributed by atoms with Gasteiger partial charge in [-0.05, 0) is 48.1 Å². The van der Waals surface area contributed by atoms with E-state index in [9.17, 15) is 9.59 Å². The van der Waals surface area contributed by atoms with Gasteiger partial charge in [0.1, 0.15) is 0 Å². The zero-order chi connectivity index (χ0) is 13.0. The summed E-state index contributed by atoms with van der Waals surface area (Å²) in [7, 11) is 0. The number of hydrogen-bond donors (Lipinski definition) is 2. The lowest BCUT2D eigenvalue weighted by atomic mass is 10.1. The molecule has 1 amide bonds. The summed E-state index contributed by atoms with van der Waals surface area (Å²) >= 11 is 2.10. The van der Waals surface area contributed by atoms with E-state index in [-0.39, 0.29) is 18.4 Å². The molecule has 1 unspecified atom stereocenters. The minimum atomic E-state index is -0.919. The summed E-state index contributed by atoms with van der Waals surface area (Å²) in [5.74, 6) is -1.14. The Kier molecular flexibility index (Phi) is 4.92. The van der Waals surface area contributed by atoms with Gasteiger partial charge < -0.3 is 10.4 Å². The second kappa shape index (κ2) is 6.00. The van der Waals surface area contributed by atoms with Gasteiger partial charge in [-0.25, -0.2) is 0 Å². The predicted molar refractivity (Wildman–Crippen MR) is 73.1 cm³/mol. The first kappa shape index (κ1) is 14.0. The van der Waals surface area contributed by atoms with Gasteiger partial charge in [-0.15, -0.1) is 0 Å². The third-order valence-corrected chi connectivity index (χ3v) is 3.21. The summed E-state index contributed by atoms with van der Waals surface area (Å²) in [5, 5.41) is 11.3. The normalized spacial score (nSPS) is 11.9. The van der Waals surface area contributed by atoms with Crippen molar-refractivity contribution >= 4 is 34.5 Å². The number of carboxylic acid groups (broad SMARTS) is 1. The zero-order valence-corrected chi connectivity index (χ0v) is 11.8. The molecule has 0 fully saturated rings. The summed E-state index contributed by atoms with van der Waals surface area (Å²) in [6.45, 7) is 3.54. The Morgan fingerprint density at radius 3 is 2.65 bits per heavy atom. The van der Waals surface area contributed by atoms with Crippen LogP contribution in [0.2, 0.25) is 0 Å². The van der Waals surface area contributed by atoms with Crippen LogP contribution in [0.15, 0.2) is 18.2 Å². The number of benzene rings is 1. The molecule has 0 aromatic heterocycles. The van der Waals surface area contributed by atoms with Gasteiger partial charge >= 0.3 is 5.97 Å². The molecule has 17 heavy (non-hydrogen) atoms. The largest absolute Gasteiger partial charge is 0.481 e. The van der Waals surface area contributed by atoms with E-state index in [1.807, 2.05) is 25.1 Å². The molecule has 1 aromatic carbocycles. The number of rotatable bonds is 4. The second-order valence-electron chi connectivity index (χ2n) is 3.90. The van der Waals surface area contributed by atoms with Crippen LogP contribution in [-0.2, 0) is 4.79 Å². The van der Waals surface area contributed by atoms with Crippen molar-refractivity contribution in [2.45, 2.75) is 26.3 Å². The van der Waals surface area contributed by atoms with E-state index in [4.69, 9.17) is 5.11 Å². The molecule has 92 valence electrons. The number of amides is 1. The van der Waals surface area contributed by atoms with E-state index in [1.54, 1.807) is 6.92 Å². The molecule has 0 heterocycles. The Labute approximate surface area is 114 Å². The Bertz CT molecular complexity index is 425. The average molecular weight is 347 g/mol. The van der Waals surface area contributed by atoms with E-state index in [1.165, 1.54) is 0 Å². The lowest BCUT2D eigenvalue weighted by Crippen LogP contribution is -2.35. The Morgan fingerprint density at radius 1 is 1.47 bits per heavy atom. The molecule has 0 aliphatic rings. The number of halogens is 1. The number of carbonyl (C=O) groups excluding carboxylic acids is 1. The molecule has 0 aliphatic carbocycles. The molecule has 4 nitrogen and oxygen atoms in total. The monoisotopic (exact) mass is 347 g/mol. The average Bonchev–Trinajstić information content (AvgIpc) is 2.15. The van der Waals surface area contributed by atoms with Crippen molar-refractivity contribution in [1.29, 1.82) is 0 Å². The van der Waals surface area contributed by atoms with Gasteiger partial charge in [0.25, 0.3) is 5.91 Å². The molecule has 5 heteroatoms. The summed E-state index contributed by atoms with van der Waals surface area (Å²) in [4.78, 5) is 22.5. The molecule has 0 spiro atoms. The highest BCUT2D eigenvalue weighted by Crippen LogP contribution is 2.16. The molecule has 1 atom stereocenters. The molecular weight excluding hydrogens is 333 g/mol.